The van der Waals surface area contributed by atoms with Gasteiger partial charge in [-0.05, 0) is 53.6 Å². The van der Waals surface area contributed by atoms with Gasteiger partial charge in [0.25, 0.3) is 0 Å². The van der Waals surface area contributed by atoms with E-state index in [-0.39, 0.29) is 5.41 Å². The fourth-order valence-electron chi connectivity index (χ4n) is 4.26. The molecule has 4 heteroatoms. The van der Waals surface area contributed by atoms with E-state index >= 15 is 0 Å². The van der Waals surface area contributed by atoms with Crippen LogP contribution in [0.15, 0.2) is 28.5 Å². The first-order valence-electron chi connectivity index (χ1n) is 11.2. The first-order valence-corrected chi connectivity index (χ1v) is 13.5. The van der Waals surface area contributed by atoms with Crippen molar-refractivity contribution in [1.29, 1.82) is 0 Å². The van der Waals surface area contributed by atoms with Gasteiger partial charge in [-0.15, -0.1) is 10.7 Å². The second kappa shape index (κ2) is 10.4. The van der Waals surface area contributed by atoms with Crippen LogP contribution < -0.4 is 0 Å². The first kappa shape index (κ1) is 25.4. The fourth-order valence-corrected chi connectivity index (χ4v) is 9.48. The Bertz CT molecular complexity index is 720. The van der Waals surface area contributed by atoms with E-state index < -0.39 is 8.07 Å². The highest BCUT2D eigenvalue weighted by molar-refractivity contribution is 6.90. The molecule has 0 fully saturated rings. The van der Waals surface area contributed by atoms with E-state index in [1.54, 1.807) is 0 Å². The Labute approximate surface area is 181 Å². The molecule has 0 spiro atoms. The number of hydrogen-bond donors (Lipinski definition) is 0. The average Bonchev–Trinajstić information content (AvgIpc) is 2.62. The van der Waals surface area contributed by atoms with Gasteiger partial charge in [0.15, 0.2) is 0 Å². The third-order valence-corrected chi connectivity index (χ3v) is 12.4. The normalized spacial score (nSPS) is 12.8. The van der Waals surface area contributed by atoms with E-state index in [9.17, 15) is 0 Å². The SMILES string of the molecule is CCN(CC)N=Nc1ccc(C(C)(C)C)cc1C#C[Si](C(C)C)(C(C)C)C(C)C. The molecule has 0 bridgehead atoms. The maximum absolute atomic E-state index is 4.57. The minimum atomic E-state index is -1.80. The fraction of sp³-hybridized carbons (Fsp3) is 0.680. The Balaban J connectivity index is 3.61. The third kappa shape index (κ3) is 6.19. The molecule has 0 heterocycles. The van der Waals surface area contributed by atoms with Crippen LogP contribution in [0.5, 0.6) is 0 Å². The summed E-state index contributed by atoms with van der Waals surface area (Å²) in [6.45, 7) is 26.8. The van der Waals surface area contributed by atoms with Crippen molar-refractivity contribution in [3.05, 3.63) is 29.3 Å². The Kier molecular flexibility index (Phi) is 9.15. The number of benzene rings is 1. The van der Waals surface area contributed by atoms with Gasteiger partial charge < -0.3 is 0 Å². The topological polar surface area (TPSA) is 28.0 Å². The van der Waals surface area contributed by atoms with Gasteiger partial charge in [0.2, 0.25) is 0 Å². The molecule has 1 aromatic rings. The van der Waals surface area contributed by atoms with Crippen LogP contribution in [-0.2, 0) is 5.41 Å². The molecule has 0 aliphatic heterocycles. The molecular formula is C25H43N3Si. The summed E-state index contributed by atoms with van der Waals surface area (Å²) in [6, 6.07) is 6.48. The van der Waals surface area contributed by atoms with Crippen molar-refractivity contribution in [3.63, 3.8) is 0 Å². The highest BCUT2D eigenvalue weighted by atomic mass is 28.3. The monoisotopic (exact) mass is 413 g/mol. The minimum Gasteiger partial charge on any atom is -0.279 e. The molecule has 1 rings (SSSR count). The maximum Gasteiger partial charge on any atom is 0.146 e. The maximum atomic E-state index is 4.57. The first-order chi connectivity index (χ1) is 13.4. The summed E-state index contributed by atoms with van der Waals surface area (Å²) in [4.78, 5) is 0. The van der Waals surface area contributed by atoms with Gasteiger partial charge in [-0.2, -0.15) is 0 Å². The lowest BCUT2D eigenvalue weighted by atomic mass is 9.86. The quantitative estimate of drug-likeness (QED) is 0.193. The molecule has 29 heavy (non-hydrogen) atoms. The summed E-state index contributed by atoms with van der Waals surface area (Å²) < 4.78 is 0. The summed E-state index contributed by atoms with van der Waals surface area (Å²) in [5, 5.41) is 11.0. The van der Waals surface area contributed by atoms with Crippen LogP contribution in [0.3, 0.4) is 0 Å². The van der Waals surface area contributed by atoms with Crippen molar-refractivity contribution < 1.29 is 0 Å². The predicted molar refractivity (Wildman–Crippen MR) is 131 cm³/mol. The molecule has 0 aromatic heterocycles. The van der Waals surface area contributed by atoms with Gasteiger partial charge >= 0.3 is 0 Å². The molecule has 0 saturated heterocycles. The van der Waals surface area contributed by atoms with Gasteiger partial charge in [0, 0.05) is 13.1 Å². The van der Waals surface area contributed by atoms with E-state index in [0.29, 0.717) is 16.6 Å². The summed E-state index contributed by atoms with van der Waals surface area (Å²) in [6.07, 6.45) is 0. The van der Waals surface area contributed by atoms with Crippen molar-refractivity contribution in [2.45, 2.75) is 98.2 Å². The van der Waals surface area contributed by atoms with Crippen molar-refractivity contribution in [2.24, 2.45) is 10.3 Å². The summed E-state index contributed by atoms with van der Waals surface area (Å²) >= 11 is 0. The molecule has 0 aliphatic rings. The van der Waals surface area contributed by atoms with Crippen LogP contribution in [0.1, 0.15) is 87.3 Å². The molecule has 0 N–H and O–H groups in total. The lowest BCUT2D eigenvalue weighted by Gasteiger charge is -2.38. The van der Waals surface area contributed by atoms with Gasteiger partial charge in [-0.1, -0.05) is 79.5 Å². The summed E-state index contributed by atoms with van der Waals surface area (Å²) in [7, 11) is -1.80. The van der Waals surface area contributed by atoms with Crippen molar-refractivity contribution in [2.75, 3.05) is 13.1 Å². The molecule has 0 atom stereocenters. The Morgan fingerprint density at radius 2 is 1.45 bits per heavy atom. The van der Waals surface area contributed by atoms with Gasteiger partial charge in [-0.25, -0.2) is 0 Å². The Hall–Kier alpha value is -1.60. The highest BCUT2D eigenvalue weighted by Gasteiger charge is 2.41. The molecular weight excluding hydrogens is 370 g/mol. The van der Waals surface area contributed by atoms with E-state index in [1.807, 2.05) is 5.01 Å². The molecule has 0 unspecified atom stereocenters. The van der Waals surface area contributed by atoms with Crippen LogP contribution in [0, 0.1) is 11.5 Å². The predicted octanol–water partition coefficient (Wildman–Crippen LogP) is 7.89. The van der Waals surface area contributed by atoms with Gasteiger partial charge in [0.05, 0.1) is 5.56 Å². The van der Waals surface area contributed by atoms with Crippen LogP contribution in [-0.4, -0.2) is 26.2 Å². The molecule has 3 nitrogen and oxygen atoms in total. The minimum absolute atomic E-state index is 0.0770. The van der Waals surface area contributed by atoms with Crippen LogP contribution in [0.25, 0.3) is 0 Å². The molecule has 0 amide bonds. The molecule has 0 aliphatic carbocycles. The average molecular weight is 414 g/mol. The van der Waals surface area contributed by atoms with Crippen molar-refractivity contribution in [1.82, 2.24) is 5.01 Å². The van der Waals surface area contributed by atoms with Crippen LogP contribution in [0.2, 0.25) is 16.6 Å². The van der Waals surface area contributed by atoms with Crippen molar-refractivity contribution >= 4 is 13.8 Å². The van der Waals surface area contributed by atoms with E-state index in [1.165, 1.54) is 5.56 Å². The molecule has 0 radical (unpaired) electrons. The summed E-state index contributed by atoms with van der Waals surface area (Å²) in [5.41, 5.74) is 8.94. The zero-order valence-electron chi connectivity index (χ0n) is 20.7. The summed E-state index contributed by atoms with van der Waals surface area (Å²) in [5.74, 6) is 3.61. The smallest absolute Gasteiger partial charge is 0.146 e. The molecule has 0 saturated carbocycles. The third-order valence-electron chi connectivity index (χ3n) is 6.15. The molecule has 1 aromatic carbocycles. The second-order valence-corrected chi connectivity index (χ2v) is 15.5. The number of rotatable bonds is 7. The van der Waals surface area contributed by atoms with Crippen LogP contribution >= 0.6 is 0 Å². The largest absolute Gasteiger partial charge is 0.279 e. The molecule has 162 valence electrons. The number of nitrogens with zero attached hydrogens (tertiary/aromatic N) is 3. The zero-order chi connectivity index (χ0) is 22.4. The second-order valence-electron chi connectivity index (χ2n) is 9.96. The van der Waals surface area contributed by atoms with E-state index in [2.05, 4.69) is 116 Å². The van der Waals surface area contributed by atoms with E-state index in [0.717, 1.165) is 24.3 Å². The Morgan fingerprint density at radius 3 is 1.86 bits per heavy atom. The van der Waals surface area contributed by atoms with Crippen LogP contribution in [0.4, 0.5) is 5.69 Å². The standard InChI is InChI=1S/C25H43N3Si/c1-12-28(13-2)27-26-24-15-14-23(25(9,10)11)18-22(24)16-17-29(19(3)4,20(5)6)21(7)8/h14-15,18-21H,12-13H2,1-11H3. The van der Waals surface area contributed by atoms with E-state index in [4.69, 9.17) is 0 Å². The Morgan fingerprint density at radius 1 is 0.931 bits per heavy atom. The zero-order valence-corrected chi connectivity index (χ0v) is 21.7. The number of hydrogen-bond acceptors (Lipinski definition) is 2. The van der Waals surface area contributed by atoms with Gasteiger partial charge in [0.1, 0.15) is 13.8 Å². The highest BCUT2D eigenvalue weighted by Crippen LogP contribution is 2.41. The lowest BCUT2D eigenvalue weighted by molar-refractivity contribution is 0.300. The van der Waals surface area contributed by atoms with Crippen molar-refractivity contribution in [3.8, 4) is 11.5 Å². The lowest BCUT2D eigenvalue weighted by Crippen LogP contribution is -2.43. The van der Waals surface area contributed by atoms with Gasteiger partial charge in [-0.3, -0.25) is 5.01 Å².